The summed E-state index contributed by atoms with van der Waals surface area (Å²) < 4.78 is 1.86. The van der Waals surface area contributed by atoms with E-state index in [1.807, 2.05) is 17.9 Å². The van der Waals surface area contributed by atoms with Crippen LogP contribution < -0.4 is 10.6 Å². The van der Waals surface area contributed by atoms with Crippen LogP contribution in [0.3, 0.4) is 0 Å². The molecule has 166 valence electrons. The highest BCUT2D eigenvalue weighted by Gasteiger charge is 2.26. The molecule has 2 fully saturated rings. The first-order valence-electron chi connectivity index (χ1n) is 11.0. The van der Waals surface area contributed by atoms with Crippen LogP contribution in [0, 0.1) is 5.92 Å². The number of likely N-dealkylation sites (tertiary alicyclic amines) is 1. The Hall–Kier alpha value is -0.870. The van der Waals surface area contributed by atoms with E-state index in [0.29, 0.717) is 12.6 Å². The number of rotatable bonds is 8. The molecule has 7 nitrogen and oxygen atoms in total. The quantitative estimate of drug-likeness (QED) is 0.315. The maximum atomic E-state index is 4.91. The highest BCUT2D eigenvalue weighted by Crippen LogP contribution is 2.26. The van der Waals surface area contributed by atoms with Crippen molar-refractivity contribution >= 4 is 29.9 Å². The van der Waals surface area contributed by atoms with E-state index in [4.69, 9.17) is 4.99 Å². The van der Waals surface area contributed by atoms with Gasteiger partial charge in [0.2, 0.25) is 0 Å². The molecule has 2 N–H and O–H groups in total. The van der Waals surface area contributed by atoms with Crippen molar-refractivity contribution in [2.45, 2.75) is 51.1 Å². The number of hydrogen-bond donors (Lipinski definition) is 2. The van der Waals surface area contributed by atoms with Crippen molar-refractivity contribution in [3.05, 3.63) is 18.0 Å². The maximum Gasteiger partial charge on any atom is 0.191 e. The van der Waals surface area contributed by atoms with E-state index < -0.39 is 0 Å². The van der Waals surface area contributed by atoms with E-state index in [1.54, 1.807) is 0 Å². The summed E-state index contributed by atoms with van der Waals surface area (Å²) in [4.78, 5) is 9.77. The minimum atomic E-state index is 0. The topological polar surface area (TPSA) is 60.7 Å². The van der Waals surface area contributed by atoms with Gasteiger partial charge in [0.05, 0.1) is 18.8 Å². The summed E-state index contributed by atoms with van der Waals surface area (Å²) in [5.41, 5.74) is 1.20. The molecule has 1 saturated carbocycles. The Morgan fingerprint density at radius 1 is 1.31 bits per heavy atom. The molecule has 2 aliphatic rings. The fourth-order valence-corrected chi connectivity index (χ4v) is 4.54. The third-order valence-electron chi connectivity index (χ3n) is 6.10. The molecule has 2 heterocycles. The third-order valence-corrected chi connectivity index (χ3v) is 6.10. The van der Waals surface area contributed by atoms with Gasteiger partial charge in [-0.25, -0.2) is 0 Å². The largest absolute Gasteiger partial charge is 0.357 e. The van der Waals surface area contributed by atoms with E-state index in [9.17, 15) is 0 Å². The van der Waals surface area contributed by atoms with Crippen LogP contribution in [0.15, 0.2) is 17.4 Å². The average molecular weight is 518 g/mol. The fourth-order valence-electron chi connectivity index (χ4n) is 4.54. The van der Waals surface area contributed by atoms with Crippen LogP contribution in [0.4, 0.5) is 0 Å². The van der Waals surface area contributed by atoms with Gasteiger partial charge in [-0.05, 0) is 46.2 Å². The van der Waals surface area contributed by atoms with Crippen molar-refractivity contribution in [3.63, 3.8) is 0 Å². The van der Waals surface area contributed by atoms with Crippen LogP contribution >= 0.6 is 24.0 Å². The summed E-state index contributed by atoms with van der Waals surface area (Å²) in [6.07, 6.45) is 11.0. The van der Waals surface area contributed by atoms with Crippen molar-refractivity contribution < 1.29 is 0 Å². The second-order valence-electron chi connectivity index (χ2n) is 8.69. The third kappa shape index (κ3) is 7.40. The van der Waals surface area contributed by atoms with Crippen LogP contribution in [0.5, 0.6) is 0 Å². The summed E-state index contributed by atoms with van der Waals surface area (Å²) in [6.45, 7) is 7.36. The fraction of sp³-hybridized carbons (Fsp3) is 0.810. The number of aryl methyl sites for hydroxylation is 1. The molecule has 1 saturated heterocycles. The molecule has 0 aromatic carbocycles. The standard InChI is InChI=1S/C21H39N7.HI/c1-5-22-21(23-13-20(26(2)3)18-12-24-27(4)15-18)25-19-10-11-28(16-19)14-17-8-6-7-9-17;/h12,15,17,19-20H,5-11,13-14,16H2,1-4H3,(H2,22,23,25);1H. The number of aliphatic imine (C=N–C) groups is 1. The molecule has 0 amide bonds. The molecule has 0 bridgehead atoms. The molecule has 2 unspecified atom stereocenters. The molecule has 3 rings (SSSR count). The Balaban J connectivity index is 0.00000300. The van der Waals surface area contributed by atoms with Crippen molar-refractivity contribution in [3.8, 4) is 0 Å². The first kappa shape index (κ1) is 24.4. The van der Waals surface area contributed by atoms with Gasteiger partial charge in [0, 0.05) is 51.0 Å². The Morgan fingerprint density at radius 3 is 2.69 bits per heavy atom. The van der Waals surface area contributed by atoms with Gasteiger partial charge in [0.25, 0.3) is 0 Å². The van der Waals surface area contributed by atoms with Crippen molar-refractivity contribution in [1.82, 2.24) is 30.2 Å². The van der Waals surface area contributed by atoms with Gasteiger partial charge in [0.15, 0.2) is 5.96 Å². The summed E-state index contributed by atoms with van der Waals surface area (Å²) in [5, 5.41) is 11.4. The number of guanidine groups is 1. The molecule has 0 radical (unpaired) electrons. The molecule has 1 aromatic heterocycles. The summed E-state index contributed by atoms with van der Waals surface area (Å²) in [5.74, 6) is 1.87. The van der Waals surface area contributed by atoms with Crippen molar-refractivity contribution in [2.24, 2.45) is 18.0 Å². The second-order valence-corrected chi connectivity index (χ2v) is 8.69. The van der Waals surface area contributed by atoms with E-state index in [0.717, 1.165) is 25.0 Å². The van der Waals surface area contributed by atoms with Gasteiger partial charge in [-0.3, -0.25) is 9.67 Å². The van der Waals surface area contributed by atoms with Gasteiger partial charge >= 0.3 is 0 Å². The van der Waals surface area contributed by atoms with Crippen LogP contribution in [0.2, 0.25) is 0 Å². The summed E-state index contributed by atoms with van der Waals surface area (Å²) in [6, 6.07) is 0.724. The molecule has 0 spiro atoms. The van der Waals surface area contributed by atoms with E-state index in [2.05, 4.69) is 52.7 Å². The smallest absolute Gasteiger partial charge is 0.191 e. The molecule has 1 aliphatic heterocycles. The van der Waals surface area contributed by atoms with Gasteiger partial charge in [0.1, 0.15) is 0 Å². The zero-order valence-electron chi connectivity index (χ0n) is 18.6. The predicted molar refractivity (Wildman–Crippen MR) is 131 cm³/mol. The van der Waals surface area contributed by atoms with Crippen molar-refractivity contribution in [1.29, 1.82) is 0 Å². The first-order chi connectivity index (χ1) is 13.5. The highest BCUT2D eigenvalue weighted by atomic mass is 127. The van der Waals surface area contributed by atoms with Gasteiger partial charge < -0.3 is 20.4 Å². The molecular weight excluding hydrogens is 477 g/mol. The average Bonchev–Trinajstić information content (AvgIpc) is 3.39. The Morgan fingerprint density at radius 2 is 2.07 bits per heavy atom. The zero-order valence-corrected chi connectivity index (χ0v) is 20.9. The van der Waals surface area contributed by atoms with Crippen LogP contribution in [0.1, 0.15) is 50.6 Å². The van der Waals surface area contributed by atoms with Gasteiger partial charge in [-0.1, -0.05) is 12.8 Å². The lowest BCUT2D eigenvalue weighted by Gasteiger charge is -2.23. The highest BCUT2D eigenvalue weighted by molar-refractivity contribution is 14.0. The lowest BCUT2D eigenvalue weighted by molar-refractivity contribution is 0.275. The SMILES string of the molecule is CCNC(=NCC(c1cnn(C)c1)N(C)C)NC1CCN(CC2CCCC2)C1.I. The van der Waals surface area contributed by atoms with Gasteiger partial charge in [-0.2, -0.15) is 5.10 Å². The van der Waals surface area contributed by atoms with E-state index in [1.165, 1.54) is 50.8 Å². The number of likely N-dealkylation sites (N-methyl/N-ethyl adjacent to an activating group) is 1. The minimum absolute atomic E-state index is 0. The lowest BCUT2D eigenvalue weighted by Crippen LogP contribution is -2.45. The predicted octanol–water partition coefficient (Wildman–Crippen LogP) is 2.46. The van der Waals surface area contributed by atoms with Crippen LogP contribution in [-0.4, -0.2) is 78.4 Å². The van der Waals surface area contributed by atoms with Gasteiger partial charge in [-0.15, -0.1) is 24.0 Å². The molecule has 2 atom stereocenters. The Kier molecular flexibility index (Phi) is 10.2. The molecule has 1 aliphatic carbocycles. The van der Waals surface area contributed by atoms with Crippen LogP contribution in [0.25, 0.3) is 0 Å². The zero-order chi connectivity index (χ0) is 19.9. The second kappa shape index (κ2) is 12.1. The number of halogens is 1. The normalized spacial score (nSPS) is 22.1. The van der Waals surface area contributed by atoms with E-state index in [-0.39, 0.29) is 30.0 Å². The maximum absolute atomic E-state index is 4.91. The number of nitrogens with zero attached hydrogens (tertiary/aromatic N) is 5. The Bertz CT molecular complexity index is 624. The molecule has 8 heteroatoms. The number of hydrogen-bond acceptors (Lipinski definition) is 4. The summed E-state index contributed by atoms with van der Waals surface area (Å²) >= 11 is 0. The lowest BCUT2D eigenvalue weighted by atomic mass is 10.1. The number of nitrogens with one attached hydrogen (secondary N) is 2. The summed E-state index contributed by atoms with van der Waals surface area (Å²) in [7, 11) is 6.17. The number of aromatic nitrogens is 2. The molecule has 1 aromatic rings. The minimum Gasteiger partial charge on any atom is -0.357 e. The molecule has 29 heavy (non-hydrogen) atoms. The first-order valence-corrected chi connectivity index (χ1v) is 11.0. The monoisotopic (exact) mass is 517 g/mol. The molecular formula is C21H40IN7. The van der Waals surface area contributed by atoms with Crippen LogP contribution in [-0.2, 0) is 7.05 Å². The van der Waals surface area contributed by atoms with E-state index >= 15 is 0 Å². The Labute approximate surface area is 193 Å². The van der Waals surface area contributed by atoms with Crippen molar-refractivity contribution in [2.75, 3.05) is 46.8 Å².